The first-order chi connectivity index (χ1) is 7.11. The van der Waals surface area contributed by atoms with Crippen LogP contribution in [0.25, 0.3) is 11.4 Å². The van der Waals surface area contributed by atoms with Crippen LogP contribution in [0.4, 0.5) is 5.82 Å². The number of anilines is 1. The number of nitrogens with zero attached hydrogens (tertiary/aromatic N) is 5. The predicted octanol–water partition coefficient (Wildman–Crippen LogP) is -0.0628. The molecule has 0 unspecified atom stereocenters. The highest BCUT2D eigenvalue weighted by molar-refractivity contribution is 6.31. The van der Waals surface area contributed by atoms with E-state index in [9.17, 15) is 0 Å². The molecule has 2 rings (SSSR count). The number of aromatic nitrogens is 5. The lowest BCUT2D eigenvalue weighted by molar-refractivity contribution is -0.671. The third kappa shape index (κ3) is 1.52. The van der Waals surface area contributed by atoms with Crippen molar-refractivity contribution in [2.24, 2.45) is 14.1 Å². The van der Waals surface area contributed by atoms with Crippen molar-refractivity contribution in [2.45, 2.75) is 0 Å². The smallest absolute Gasteiger partial charge is 0.289 e. The van der Waals surface area contributed by atoms with Gasteiger partial charge in [0.05, 0.1) is 7.05 Å². The Hall–Kier alpha value is -1.69. The monoisotopic (exact) mass is 225 g/mol. The fourth-order valence-corrected chi connectivity index (χ4v) is 1.50. The van der Waals surface area contributed by atoms with Gasteiger partial charge < -0.3 is 5.73 Å². The Labute approximate surface area is 91.3 Å². The molecule has 7 heteroatoms. The van der Waals surface area contributed by atoms with Crippen molar-refractivity contribution in [2.75, 3.05) is 5.73 Å². The number of aryl methyl sites for hydroxylation is 2. The predicted molar refractivity (Wildman–Crippen MR) is 54.8 cm³/mol. The van der Waals surface area contributed by atoms with Crippen LogP contribution in [0.2, 0.25) is 5.15 Å². The summed E-state index contributed by atoms with van der Waals surface area (Å²) < 4.78 is 3.27. The molecule has 2 aromatic heterocycles. The van der Waals surface area contributed by atoms with E-state index in [0.29, 0.717) is 22.4 Å². The van der Waals surface area contributed by atoms with Crippen LogP contribution < -0.4 is 10.3 Å². The Morgan fingerprint density at radius 3 is 2.80 bits per heavy atom. The zero-order valence-corrected chi connectivity index (χ0v) is 9.10. The molecule has 0 saturated heterocycles. The van der Waals surface area contributed by atoms with Crippen LogP contribution in [0, 0.1) is 0 Å². The highest BCUT2D eigenvalue weighted by atomic mass is 35.5. The molecule has 0 atom stereocenters. The van der Waals surface area contributed by atoms with Crippen molar-refractivity contribution >= 4 is 17.4 Å². The van der Waals surface area contributed by atoms with Crippen LogP contribution in [-0.4, -0.2) is 19.7 Å². The van der Waals surface area contributed by atoms with Gasteiger partial charge in [-0.3, -0.25) is 0 Å². The van der Waals surface area contributed by atoms with Gasteiger partial charge in [0, 0.05) is 7.05 Å². The quantitative estimate of drug-likeness (QED) is 0.545. The Bertz CT molecular complexity index is 506. The van der Waals surface area contributed by atoms with Crippen molar-refractivity contribution in [3.8, 4) is 11.4 Å². The minimum absolute atomic E-state index is 0.342. The van der Waals surface area contributed by atoms with Crippen LogP contribution >= 0.6 is 11.6 Å². The second-order valence-corrected chi connectivity index (χ2v) is 3.47. The zero-order valence-electron chi connectivity index (χ0n) is 8.35. The molecule has 0 spiro atoms. The molecule has 0 aliphatic heterocycles. The minimum Gasteiger partial charge on any atom is -0.362 e. The van der Waals surface area contributed by atoms with Gasteiger partial charge in [-0.15, -0.1) is 0 Å². The molecule has 0 fully saturated rings. The molecule has 0 aromatic carbocycles. The molecule has 0 bridgehead atoms. The van der Waals surface area contributed by atoms with Gasteiger partial charge >= 0.3 is 0 Å². The molecular weight excluding hydrogens is 216 g/mol. The van der Waals surface area contributed by atoms with E-state index < -0.39 is 0 Å². The van der Waals surface area contributed by atoms with Gasteiger partial charge in [-0.1, -0.05) is 0 Å². The third-order valence-corrected chi connectivity index (χ3v) is 2.53. The fourth-order valence-electron chi connectivity index (χ4n) is 1.28. The molecule has 0 amide bonds. The van der Waals surface area contributed by atoms with Gasteiger partial charge in [0.2, 0.25) is 5.15 Å². The van der Waals surface area contributed by atoms with Gasteiger partial charge in [0.1, 0.15) is 11.9 Å². The molecule has 2 heterocycles. The first-order valence-electron chi connectivity index (χ1n) is 4.25. The van der Waals surface area contributed by atoms with E-state index in [0.717, 1.165) is 0 Å². The third-order valence-electron chi connectivity index (χ3n) is 2.08. The molecule has 0 saturated carbocycles. The van der Waals surface area contributed by atoms with Crippen LogP contribution in [0.5, 0.6) is 0 Å². The van der Waals surface area contributed by atoms with Gasteiger partial charge in [-0.05, 0) is 16.6 Å². The molecular formula is C8H10ClN6+. The Kier molecular flexibility index (Phi) is 2.28. The summed E-state index contributed by atoms with van der Waals surface area (Å²) in [5, 5.41) is 4.44. The number of hydrogen-bond acceptors (Lipinski definition) is 4. The van der Waals surface area contributed by atoms with Crippen molar-refractivity contribution in [1.29, 1.82) is 0 Å². The second kappa shape index (κ2) is 3.47. The summed E-state index contributed by atoms with van der Waals surface area (Å²) in [5.74, 6) is 0.940. The van der Waals surface area contributed by atoms with Gasteiger partial charge in [-0.25, -0.2) is 14.2 Å². The topological polar surface area (TPSA) is 73.5 Å². The molecule has 2 aromatic rings. The van der Waals surface area contributed by atoms with E-state index in [4.69, 9.17) is 17.3 Å². The first-order valence-corrected chi connectivity index (χ1v) is 4.63. The Morgan fingerprint density at radius 2 is 2.20 bits per heavy atom. The van der Waals surface area contributed by atoms with E-state index in [-0.39, 0.29) is 0 Å². The second-order valence-electron chi connectivity index (χ2n) is 3.11. The average molecular weight is 226 g/mol. The maximum absolute atomic E-state index is 6.12. The van der Waals surface area contributed by atoms with E-state index in [1.54, 1.807) is 29.7 Å². The molecule has 15 heavy (non-hydrogen) atoms. The van der Waals surface area contributed by atoms with Crippen molar-refractivity contribution in [1.82, 2.24) is 19.7 Å². The van der Waals surface area contributed by atoms with Crippen LogP contribution in [0.3, 0.4) is 0 Å². The van der Waals surface area contributed by atoms with E-state index in [1.807, 2.05) is 0 Å². The molecule has 78 valence electrons. The number of halogens is 1. The summed E-state index contributed by atoms with van der Waals surface area (Å²) in [6.45, 7) is 0. The molecule has 0 aliphatic carbocycles. The summed E-state index contributed by atoms with van der Waals surface area (Å²) in [6.07, 6.45) is 3.00. The summed E-state index contributed by atoms with van der Waals surface area (Å²) in [7, 11) is 3.56. The largest absolute Gasteiger partial charge is 0.362 e. The SMILES string of the molecule is Cn1ncnc1-c1c(N)nc[n+](C)c1Cl. The average Bonchev–Trinajstić information content (AvgIpc) is 2.60. The summed E-state index contributed by atoms with van der Waals surface area (Å²) in [5.41, 5.74) is 6.36. The Morgan fingerprint density at radius 1 is 1.47 bits per heavy atom. The van der Waals surface area contributed by atoms with Gasteiger partial charge in [0.25, 0.3) is 12.1 Å². The van der Waals surface area contributed by atoms with Gasteiger partial charge in [0.15, 0.2) is 5.82 Å². The lowest BCUT2D eigenvalue weighted by atomic mass is 10.3. The molecule has 6 nitrogen and oxygen atoms in total. The van der Waals surface area contributed by atoms with Crippen molar-refractivity contribution in [3.05, 3.63) is 17.8 Å². The lowest BCUT2D eigenvalue weighted by Crippen LogP contribution is -2.31. The minimum atomic E-state index is 0.342. The van der Waals surface area contributed by atoms with E-state index in [1.165, 1.54) is 6.33 Å². The number of nitrogens with two attached hydrogens (primary N) is 1. The molecule has 0 aliphatic rings. The zero-order chi connectivity index (χ0) is 11.0. The standard InChI is InChI=1S/C8H9ClN6/c1-14-4-12-7(10)5(6(14)9)8-11-3-13-15(8)2/h3-4,10H,1-2H3/p+1. The van der Waals surface area contributed by atoms with Gasteiger partial charge in [-0.2, -0.15) is 5.10 Å². The highest BCUT2D eigenvalue weighted by Gasteiger charge is 2.21. The van der Waals surface area contributed by atoms with E-state index >= 15 is 0 Å². The number of hydrogen-bond donors (Lipinski definition) is 1. The van der Waals surface area contributed by atoms with Crippen LogP contribution in [0.1, 0.15) is 0 Å². The fraction of sp³-hybridized carbons (Fsp3) is 0.250. The lowest BCUT2D eigenvalue weighted by Gasteiger charge is -2.03. The summed E-state index contributed by atoms with van der Waals surface area (Å²) >= 11 is 6.12. The number of rotatable bonds is 1. The number of nitrogen functional groups attached to an aromatic ring is 1. The maximum Gasteiger partial charge on any atom is 0.289 e. The normalized spacial score (nSPS) is 10.6. The highest BCUT2D eigenvalue weighted by Crippen LogP contribution is 2.26. The Balaban J connectivity index is 2.72. The first kappa shape index (κ1) is 9.85. The van der Waals surface area contributed by atoms with Crippen molar-refractivity contribution < 1.29 is 4.57 Å². The maximum atomic E-state index is 6.12. The molecule has 0 radical (unpaired) electrons. The van der Waals surface area contributed by atoms with Crippen LogP contribution in [0.15, 0.2) is 12.7 Å². The summed E-state index contributed by atoms with van der Waals surface area (Å²) in [6, 6.07) is 0. The van der Waals surface area contributed by atoms with Crippen molar-refractivity contribution in [3.63, 3.8) is 0 Å². The van der Waals surface area contributed by atoms with E-state index in [2.05, 4.69) is 15.1 Å². The summed E-state index contributed by atoms with van der Waals surface area (Å²) in [4.78, 5) is 8.09. The molecule has 2 N–H and O–H groups in total. The van der Waals surface area contributed by atoms with Crippen LogP contribution in [-0.2, 0) is 14.1 Å².